The molecular weight excluding hydrogens is 1370 g/mol. The first-order chi connectivity index (χ1) is 65.7. The molecule has 18 aromatic rings. The lowest BCUT2D eigenvalue weighted by Crippen LogP contribution is -2.60. The largest absolute Gasteiger partial charge is 0.356 e. The second-order valence-corrected chi connectivity index (χ2v) is 31.7. The van der Waals surface area contributed by atoms with Crippen LogP contribution in [0, 0.1) is 0 Å². The molecule has 0 fully saturated rings. The van der Waals surface area contributed by atoms with Crippen molar-refractivity contribution >= 4 is 95.1 Å². The summed E-state index contributed by atoms with van der Waals surface area (Å²) in [6.45, 7) is 17.6. The van der Waals surface area contributed by atoms with Crippen LogP contribution in [0.3, 0.4) is 0 Å². The molecule has 15 aromatic carbocycles. The zero-order valence-corrected chi connectivity index (χ0v) is 63.1. The fourth-order valence-corrected chi connectivity index (χ4v) is 16.1. The summed E-state index contributed by atoms with van der Waals surface area (Å²) in [6.07, 6.45) is 0. The molecule has 0 amide bonds. The Balaban J connectivity index is 1.04. The van der Waals surface area contributed by atoms with Gasteiger partial charge < -0.3 is 19.4 Å². The average molecular weight is 1480 g/mol. The Morgan fingerprint density at radius 1 is 0.310 bits per heavy atom. The van der Waals surface area contributed by atoms with Gasteiger partial charge in [0.15, 0.2) is 17.5 Å². The first kappa shape index (κ1) is 46.3. The number of benzene rings is 15. The lowest BCUT2D eigenvalue weighted by molar-refractivity contribution is 0.569. The second-order valence-electron chi connectivity index (χ2n) is 31.7. The molecule has 0 radical (unpaired) electrons. The van der Waals surface area contributed by atoms with Gasteiger partial charge in [-0.05, 0) is 167 Å². The molecule has 0 aliphatic carbocycles. The highest BCUT2D eigenvalue weighted by Gasteiger charge is 2.45. The van der Waals surface area contributed by atoms with Crippen molar-refractivity contribution in [3.8, 4) is 101 Å². The predicted octanol–water partition coefficient (Wildman–Crippen LogP) is 25.7. The molecule has 0 spiro atoms. The van der Waals surface area contributed by atoms with Crippen molar-refractivity contribution in [2.24, 2.45) is 0 Å². The fraction of sp³-hybridized carbons (Fsp3) is 0.114. The molecule has 0 atom stereocenters. The molecule has 0 unspecified atom stereocenters. The summed E-state index contributed by atoms with van der Waals surface area (Å²) < 4.78 is 248. The van der Waals surface area contributed by atoms with Crippen LogP contribution in [0.2, 0.25) is 0 Å². The molecule has 7 nitrogen and oxygen atoms in total. The summed E-state index contributed by atoms with van der Waals surface area (Å²) in [5.41, 5.74) is 8.82. The van der Waals surface area contributed by atoms with Crippen molar-refractivity contribution in [1.82, 2.24) is 24.1 Å². The Hall–Kier alpha value is -13.4. The summed E-state index contributed by atoms with van der Waals surface area (Å²) in [5.74, 6) is -1.37. The third-order valence-electron chi connectivity index (χ3n) is 21.7. The third kappa shape index (κ3) is 11.8. The Kier molecular flexibility index (Phi) is 10.9. The number of para-hydroxylation sites is 4. The second kappa shape index (κ2) is 26.7. The van der Waals surface area contributed by atoms with E-state index in [0.717, 1.165) is 27.8 Å². The highest BCUT2D eigenvalue weighted by Crippen LogP contribution is 2.55. The molecule has 20 rings (SSSR count). The van der Waals surface area contributed by atoms with E-state index in [2.05, 4.69) is 88.2 Å². The van der Waals surface area contributed by atoms with E-state index >= 15 is 0 Å². The van der Waals surface area contributed by atoms with Crippen LogP contribution in [0.25, 0.3) is 145 Å². The van der Waals surface area contributed by atoms with Crippen LogP contribution in [0.1, 0.15) is 115 Å². The summed E-state index contributed by atoms with van der Waals surface area (Å²) in [6, 6.07) is 41.2. The standard InChI is InChI=1S/C105H84BN7/c1-103(2,3)73-57-72(58-74(60-73)104(4,5)6)84-65-95-98-99(97(84)96-83(68-37-19-12-20-38-68)61-75(105(7,8)9)62-85(96)102-109-100(69-39-21-13-22-40-69)108-101(110-102)70-41-23-14-24-42-70)107-88-63-76(111-89-47-29-25-43-78(89)79-44-26-30-48-90(79)111)52-54-86(88)106(98)87-55-53-77(112-91-49-31-27-45-80(91)81-46-28-32-50-92(81)112)64-94(87)113(95)93-56-51-71(66-33-15-10-16-34-66)59-82(93)67-35-17-11-18-36-67/h10-65,107H,1-9H3/i13D,14D,21D,22D,23D,24D,25D,26D,27D,28D,29D,30D,31D,32D,39D,40D,41D,42D,43D,44D,45D,46D,47D,48D,49D,50D. The first-order valence-corrected chi connectivity index (χ1v) is 37.4. The SMILES string of the molecule is [2H]c1c([2H])c([2H])c(-c2nc(-c3cc(C(C)(C)C)cc(-c4ccccc4)c3-c3c(-c4cc(C(C)(C)C)cc(C(C)(C)C)c4)cc4c5c3Nc3cc(-n6c7c([2H])c([2H])c([2H])c([2H])c7c7c([2H])c([2H])c([2H])c([2H])c76)ccc3B5c3ccc(-n5c6c([2H])c([2H])c([2H])c([2H])c6c6c([2H])c([2H])c([2H])c([2H])c65)cc3N4c3ccc(-c4ccccc4)cc3-c3ccccc3)nc(-c3c([2H])c([2H])c([2H])c([2H])c3[2H])n2)c([2H])c1[2H]. The topological polar surface area (TPSA) is 63.8 Å². The zero-order valence-electron chi connectivity index (χ0n) is 89.1. The van der Waals surface area contributed by atoms with Crippen LogP contribution in [0.5, 0.6) is 0 Å². The van der Waals surface area contributed by atoms with Crippen molar-refractivity contribution in [2.75, 3.05) is 10.2 Å². The number of hydrogen-bond donors (Lipinski definition) is 1. The van der Waals surface area contributed by atoms with Crippen molar-refractivity contribution in [1.29, 1.82) is 0 Å². The van der Waals surface area contributed by atoms with Gasteiger partial charge in [-0.2, -0.15) is 0 Å². The highest BCUT2D eigenvalue weighted by atomic mass is 15.2. The van der Waals surface area contributed by atoms with Gasteiger partial charge in [0.25, 0.3) is 6.71 Å². The highest BCUT2D eigenvalue weighted by molar-refractivity contribution is 7.00. The maximum absolute atomic E-state index is 9.95. The molecular formula is C105H84BN7. The van der Waals surface area contributed by atoms with Gasteiger partial charge in [-0.25, -0.2) is 15.0 Å². The van der Waals surface area contributed by atoms with E-state index in [-0.39, 0.29) is 66.4 Å². The van der Waals surface area contributed by atoms with Gasteiger partial charge in [-0.15, -0.1) is 0 Å². The quantitative estimate of drug-likeness (QED) is 0.131. The van der Waals surface area contributed by atoms with E-state index in [9.17, 15) is 27.4 Å². The van der Waals surface area contributed by atoms with Crippen LogP contribution in [-0.2, 0) is 16.2 Å². The molecule has 1 N–H and O–H groups in total. The molecule has 0 saturated heterocycles. The van der Waals surface area contributed by atoms with Crippen LogP contribution < -0.4 is 26.6 Å². The maximum Gasteiger partial charge on any atom is 0.252 e. The molecule has 5 heterocycles. The minimum absolute atomic E-state index is 0.139. The minimum Gasteiger partial charge on any atom is -0.356 e. The van der Waals surface area contributed by atoms with Gasteiger partial charge in [-0.3, -0.25) is 0 Å². The van der Waals surface area contributed by atoms with E-state index in [1.807, 2.05) is 148 Å². The molecule has 2 aliphatic rings. The third-order valence-corrected chi connectivity index (χ3v) is 21.7. The molecule has 3 aromatic heterocycles. The van der Waals surface area contributed by atoms with Gasteiger partial charge in [-0.1, -0.05) is 323 Å². The Bertz CT molecular complexity index is 8170. The van der Waals surface area contributed by atoms with E-state index in [1.54, 1.807) is 18.2 Å². The molecule has 8 heteroatoms. The number of hydrogen-bond acceptors (Lipinski definition) is 5. The minimum atomic E-state index is -1.07. The van der Waals surface area contributed by atoms with Crippen molar-refractivity contribution < 1.29 is 35.6 Å². The van der Waals surface area contributed by atoms with E-state index < -0.39 is 203 Å². The van der Waals surface area contributed by atoms with Gasteiger partial charge >= 0.3 is 0 Å². The lowest BCUT2D eigenvalue weighted by Gasteiger charge is -2.43. The maximum atomic E-state index is 9.95. The van der Waals surface area contributed by atoms with Crippen molar-refractivity contribution in [3.63, 3.8) is 0 Å². The first-order valence-electron chi connectivity index (χ1n) is 50.4. The predicted molar refractivity (Wildman–Crippen MR) is 477 cm³/mol. The molecule has 0 bridgehead atoms. The van der Waals surface area contributed by atoms with Crippen molar-refractivity contribution in [3.05, 3.63) is 356 Å². The summed E-state index contributed by atoms with van der Waals surface area (Å²) in [5, 5.41) is 3.41. The number of nitrogens with zero attached hydrogens (tertiary/aromatic N) is 6. The molecule has 0 saturated carbocycles. The van der Waals surface area contributed by atoms with E-state index in [4.69, 9.17) is 23.2 Å². The Morgan fingerprint density at radius 2 is 0.743 bits per heavy atom. The zero-order chi connectivity index (χ0) is 99.2. The number of aromatic nitrogens is 5. The Morgan fingerprint density at radius 3 is 1.26 bits per heavy atom. The Labute approximate surface area is 697 Å². The van der Waals surface area contributed by atoms with Gasteiger partial charge in [0, 0.05) is 89.0 Å². The van der Waals surface area contributed by atoms with Crippen LogP contribution in [0.4, 0.5) is 28.4 Å². The lowest BCUT2D eigenvalue weighted by atomic mass is 9.33. The number of nitrogens with one attached hydrogen (secondary N) is 1. The van der Waals surface area contributed by atoms with E-state index in [1.165, 1.54) is 9.13 Å². The van der Waals surface area contributed by atoms with Crippen molar-refractivity contribution in [2.45, 2.75) is 78.6 Å². The van der Waals surface area contributed by atoms with Gasteiger partial charge in [0.1, 0.15) is 0 Å². The fourth-order valence-electron chi connectivity index (χ4n) is 16.1. The van der Waals surface area contributed by atoms with Gasteiger partial charge in [0.2, 0.25) is 0 Å². The van der Waals surface area contributed by atoms with Crippen LogP contribution >= 0.6 is 0 Å². The average Bonchev–Trinajstić information content (AvgIpc) is 1.69. The van der Waals surface area contributed by atoms with Crippen LogP contribution in [-0.4, -0.2) is 30.8 Å². The summed E-state index contributed by atoms with van der Waals surface area (Å²) >= 11 is 0. The number of fused-ring (bicyclic) bond motifs is 10. The number of rotatable bonds is 11. The smallest absolute Gasteiger partial charge is 0.252 e. The molecule has 113 heavy (non-hydrogen) atoms. The molecule has 2 aliphatic heterocycles. The molecule has 542 valence electrons. The van der Waals surface area contributed by atoms with E-state index in [0.29, 0.717) is 89.3 Å². The summed E-state index contributed by atoms with van der Waals surface area (Å²) in [7, 11) is 0. The van der Waals surface area contributed by atoms with Crippen LogP contribution in [0.15, 0.2) is 339 Å². The summed E-state index contributed by atoms with van der Waals surface area (Å²) in [4.78, 5) is 17.6. The number of anilines is 5. The normalized spacial score (nSPS) is 15.9. The van der Waals surface area contributed by atoms with Gasteiger partial charge in [0.05, 0.1) is 63.4 Å². The monoisotopic (exact) mass is 1480 g/mol.